The van der Waals surface area contributed by atoms with Crippen molar-refractivity contribution in [2.24, 2.45) is 0 Å². The molecule has 2 N–H and O–H groups in total. The number of anilines is 2. The molecule has 0 bridgehead atoms. The summed E-state index contributed by atoms with van der Waals surface area (Å²) in [6.07, 6.45) is 0.967. The van der Waals surface area contributed by atoms with Crippen molar-refractivity contribution in [2.75, 3.05) is 15.7 Å². The largest absolute Gasteiger partial charge is 0.282 e. The Balaban J connectivity index is 2.42. The molecule has 0 amide bonds. The van der Waals surface area contributed by atoms with Crippen LogP contribution in [0.15, 0.2) is 47.4 Å². The second-order valence-corrected chi connectivity index (χ2v) is 8.93. The molecule has 0 heterocycles. The van der Waals surface area contributed by atoms with Crippen molar-refractivity contribution in [1.82, 2.24) is 0 Å². The second-order valence-electron chi connectivity index (χ2n) is 4.63. The van der Waals surface area contributed by atoms with Gasteiger partial charge in [0.25, 0.3) is 10.0 Å². The fraction of sp³-hybridized carbons (Fsp3) is 0.0769. The van der Waals surface area contributed by atoms with Crippen molar-refractivity contribution in [2.45, 2.75) is 4.90 Å². The van der Waals surface area contributed by atoms with Gasteiger partial charge in [0.15, 0.2) is 0 Å². The quantitative estimate of drug-likeness (QED) is 0.814. The Morgan fingerprint density at radius 3 is 1.78 bits per heavy atom. The van der Waals surface area contributed by atoms with Crippen LogP contribution < -0.4 is 9.44 Å². The molecule has 2 rings (SSSR count). The molecule has 0 aliphatic heterocycles. The van der Waals surface area contributed by atoms with Crippen LogP contribution in [0.4, 0.5) is 11.4 Å². The van der Waals surface area contributed by atoms with Crippen molar-refractivity contribution in [3.8, 4) is 0 Å². The van der Waals surface area contributed by atoms with Crippen LogP contribution in [0.2, 0.25) is 10.0 Å². The Labute approximate surface area is 144 Å². The highest BCUT2D eigenvalue weighted by molar-refractivity contribution is 7.93. The lowest BCUT2D eigenvalue weighted by molar-refractivity contribution is 0.600. The van der Waals surface area contributed by atoms with E-state index in [4.69, 9.17) is 23.2 Å². The summed E-state index contributed by atoms with van der Waals surface area (Å²) in [5, 5.41) is 0.334. The van der Waals surface area contributed by atoms with Gasteiger partial charge in [0, 0.05) is 10.0 Å². The first-order chi connectivity index (χ1) is 10.6. The molecule has 0 aromatic heterocycles. The van der Waals surface area contributed by atoms with E-state index in [2.05, 4.69) is 9.44 Å². The van der Waals surface area contributed by atoms with Gasteiger partial charge in [-0.2, -0.15) is 0 Å². The Kier molecular flexibility index (Phi) is 5.10. The first-order valence-electron chi connectivity index (χ1n) is 6.12. The molecular weight excluding hydrogens is 383 g/mol. The van der Waals surface area contributed by atoms with Gasteiger partial charge >= 0.3 is 0 Å². The van der Waals surface area contributed by atoms with Crippen LogP contribution in [-0.4, -0.2) is 23.1 Å². The summed E-state index contributed by atoms with van der Waals surface area (Å²) in [6.45, 7) is 0. The minimum atomic E-state index is -3.99. The lowest BCUT2D eigenvalue weighted by atomic mass is 10.3. The number of halogens is 2. The van der Waals surface area contributed by atoms with Crippen LogP contribution in [-0.2, 0) is 20.0 Å². The number of hydrogen-bond acceptors (Lipinski definition) is 4. The van der Waals surface area contributed by atoms with Gasteiger partial charge in [0.1, 0.15) is 0 Å². The molecule has 23 heavy (non-hydrogen) atoms. The molecule has 124 valence electrons. The van der Waals surface area contributed by atoms with E-state index in [9.17, 15) is 16.8 Å². The number of hydrogen-bond donors (Lipinski definition) is 2. The maximum absolute atomic E-state index is 12.4. The van der Waals surface area contributed by atoms with Gasteiger partial charge < -0.3 is 0 Å². The van der Waals surface area contributed by atoms with Gasteiger partial charge in [-0.25, -0.2) is 16.8 Å². The molecule has 0 unspecified atom stereocenters. The predicted molar refractivity (Wildman–Crippen MR) is 92.2 cm³/mol. The summed E-state index contributed by atoms with van der Waals surface area (Å²) in [5.41, 5.74) is 0.181. The second kappa shape index (κ2) is 6.56. The molecular formula is C13H12Cl2N2O4S2. The van der Waals surface area contributed by atoms with Gasteiger partial charge in [0.05, 0.1) is 22.5 Å². The summed E-state index contributed by atoms with van der Waals surface area (Å²) in [6, 6.07) is 9.88. The standard InChI is InChI=1S/C13H12Cl2N2O4S2/c1-22(18,19)16-12-4-2-3-5-13(12)17-23(20,21)11-7-9(14)6-10(15)8-11/h2-8,16-17H,1H3. The highest BCUT2D eigenvalue weighted by atomic mass is 35.5. The smallest absolute Gasteiger partial charge is 0.262 e. The predicted octanol–water partition coefficient (Wildman–Crippen LogP) is 3.17. The SMILES string of the molecule is CS(=O)(=O)Nc1ccccc1NS(=O)(=O)c1cc(Cl)cc(Cl)c1. The number of sulfonamides is 2. The van der Waals surface area contributed by atoms with Crippen LogP contribution in [0, 0.1) is 0 Å². The topological polar surface area (TPSA) is 92.3 Å². The first-order valence-corrected chi connectivity index (χ1v) is 10.3. The zero-order valence-corrected chi connectivity index (χ0v) is 14.9. The maximum atomic E-state index is 12.4. The highest BCUT2D eigenvalue weighted by Gasteiger charge is 2.18. The van der Waals surface area contributed by atoms with Crippen LogP contribution in [0.25, 0.3) is 0 Å². The fourth-order valence-corrected chi connectivity index (χ4v) is 4.13. The van der Waals surface area contributed by atoms with Gasteiger partial charge in [0.2, 0.25) is 10.0 Å². The first kappa shape index (κ1) is 17.9. The van der Waals surface area contributed by atoms with E-state index in [-0.39, 0.29) is 26.3 Å². The van der Waals surface area contributed by atoms with E-state index < -0.39 is 20.0 Å². The van der Waals surface area contributed by atoms with E-state index >= 15 is 0 Å². The molecule has 0 saturated heterocycles. The summed E-state index contributed by atoms with van der Waals surface area (Å²) < 4.78 is 52.1. The number of benzene rings is 2. The van der Waals surface area contributed by atoms with Crippen molar-refractivity contribution in [3.63, 3.8) is 0 Å². The average Bonchev–Trinajstić information content (AvgIpc) is 2.38. The Bertz CT molecular complexity index is 924. The molecule has 10 heteroatoms. The molecule has 0 atom stereocenters. The monoisotopic (exact) mass is 394 g/mol. The van der Waals surface area contributed by atoms with Gasteiger partial charge in [-0.05, 0) is 30.3 Å². The lowest BCUT2D eigenvalue weighted by Crippen LogP contribution is -2.16. The number of para-hydroxylation sites is 2. The van der Waals surface area contributed by atoms with E-state index in [1.165, 1.54) is 30.3 Å². The third-order valence-corrected chi connectivity index (χ3v) is 4.99. The highest BCUT2D eigenvalue weighted by Crippen LogP contribution is 2.27. The average molecular weight is 395 g/mol. The van der Waals surface area contributed by atoms with E-state index in [0.717, 1.165) is 6.26 Å². The summed E-state index contributed by atoms with van der Waals surface area (Å²) >= 11 is 11.6. The molecule has 0 fully saturated rings. The zero-order valence-electron chi connectivity index (χ0n) is 11.7. The summed E-state index contributed by atoms with van der Waals surface area (Å²) in [4.78, 5) is -0.135. The van der Waals surface area contributed by atoms with E-state index in [1.54, 1.807) is 12.1 Å². The zero-order chi connectivity index (χ0) is 17.3. The third-order valence-electron chi connectivity index (χ3n) is 2.61. The Hall–Kier alpha value is -1.48. The Morgan fingerprint density at radius 1 is 0.826 bits per heavy atom. The van der Waals surface area contributed by atoms with Crippen LogP contribution in [0.1, 0.15) is 0 Å². The van der Waals surface area contributed by atoms with E-state index in [0.29, 0.717) is 0 Å². The fourth-order valence-electron chi connectivity index (χ4n) is 1.75. The molecule has 6 nitrogen and oxygen atoms in total. The van der Waals surface area contributed by atoms with Crippen molar-refractivity contribution in [1.29, 1.82) is 0 Å². The van der Waals surface area contributed by atoms with E-state index in [1.807, 2.05) is 0 Å². The molecule has 0 saturated carbocycles. The minimum Gasteiger partial charge on any atom is -0.282 e. The Morgan fingerprint density at radius 2 is 1.30 bits per heavy atom. The minimum absolute atomic E-state index is 0.0778. The normalized spacial score (nSPS) is 12.0. The van der Waals surface area contributed by atoms with Crippen LogP contribution in [0.5, 0.6) is 0 Å². The van der Waals surface area contributed by atoms with Crippen molar-refractivity contribution in [3.05, 3.63) is 52.5 Å². The summed E-state index contributed by atoms with van der Waals surface area (Å²) in [5.74, 6) is 0. The van der Waals surface area contributed by atoms with Crippen molar-refractivity contribution >= 4 is 54.6 Å². The number of nitrogens with one attached hydrogen (secondary N) is 2. The summed E-state index contributed by atoms with van der Waals surface area (Å²) in [7, 11) is -7.55. The van der Waals surface area contributed by atoms with Crippen molar-refractivity contribution < 1.29 is 16.8 Å². The third kappa shape index (κ3) is 5.00. The van der Waals surface area contributed by atoms with Crippen LogP contribution >= 0.6 is 23.2 Å². The molecule has 0 aliphatic rings. The molecule has 2 aromatic rings. The molecule has 0 aliphatic carbocycles. The van der Waals surface area contributed by atoms with Gasteiger partial charge in [-0.3, -0.25) is 9.44 Å². The molecule has 2 aromatic carbocycles. The lowest BCUT2D eigenvalue weighted by Gasteiger charge is -2.13. The molecule has 0 spiro atoms. The van der Waals surface area contributed by atoms with Gasteiger partial charge in [-0.15, -0.1) is 0 Å². The maximum Gasteiger partial charge on any atom is 0.262 e. The van der Waals surface area contributed by atoms with Gasteiger partial charge in [-0.1, -0.05) is 35.3 Å². The number of rotatable bonds is 5. The van der Waals surface area contributed by atoms with Crippen LogP contribution in [0.3, 0.4) is 0 Å². The molecule has 0 radical (unpaired) electrons.